The molecule has 0 bridgehead atoms. The van der Waals surface area contributed by atoms with Crippen LogP contribution in [0.2, 0.25) is 0 Å². The van der Waals surface area contributed by atoms with Crippen molar-refractivity contribution in [2.45, 2.75) is 57.3 Å². The molecule has 0 amide bonds. The van der Waals surface area contributed by atoms with Gasteiger partial charge in [-0.05, 0) is 25.7 Å². The van der Waals surface area contributed by atoms with Gasteiger partial charge in [0, 0.05) is 6.61 Å². The van der Waals surface area contributed by atoms with Gasteiger partial charge in [0.1, 0.15) is 6.23 Å². The standard InChI is InChI=1S/C10H21NO2/c11-10-7-6-9(13-10)5-3-1-2-4-8-12/h9-10,12H,1-8,11H2/t9-,10-/m1/s1. The molecule has 0 aromatic heterocycles. The Labute approximate surface area is 80.3 Å². The first-order valence-corrected chi connectivity index (χ1v) is 5.35. The SMILES string of the molecule is N[C@H]1CC[C@@H](CCCCCCO)O1. The van der Waals surface area contributed by atoms with Gasteiger partial charge in [-0.25, -0.2) is 0 Å². The van der Waals surface area contributed by atoms with Crippen LogP contribution in [0.5, 0.6) is 0 Å². The molecule has 13 heavy (non-hydrogen) atoms. The van der Waals surface area contributed by atoms with E-state index in [2.05, 4.69) is 0 Å². The summed E-state index contributed by atoms with van der Waals surface area (Å²) < 4.78 is 5.50. The molecular formula is C10H21NO2. The van der Waals surface area contributed by atoms with Gasteiger partial charge in [0.2, 0.25) is 0 Å². The third kappa shape index (κ3) is 4.60. The first kappa shape index (κ1) is 11.0. The van der Waals surface area contributed by atoms with E-state index in [4.69, 9.17) is 15.6 Å². The van der Waals surface area contributed by atoms with Crippen LogP contribution in [0.25, 0.3) is 0 Å². The molecule has 0 aromatic carbocycles. The Balaban J connectivity index is 1.88. The van der Waals surface area contributed by atoms with Crippen molar-refractivity contribution in [3.63, 3.8) is 0 Å². The van der Waals surface area contributed by atoms with Crippen LogP contribution in [-0.4, -0.2) is 24.0 Å². The third-order valence-electron chi connectivity index (χ3n) is 2.57. The van der Waals surface area contributed by atoms with Crippen molar-refractivity contribution in [3.8, 4) is 0 Å². The van der Waals surface area contributed by atoms with E-state index in [1.165, 1.54) is 12.8 Å². The summed E-state index contributed by atoms with van der Waals surface area (Å²) in [5.41, 5.74) is 5.62. The lowest BCUT2D eigenvalue weighted by molar-refractivity contribution is 0.0429. The maximum atomic E-state index is 8.57. The third-order valence-corrected chi connectivity index (χ3v) is 2.57. The molecule has 1 heterocycles. The minimum atomic E-state index is -0.0116. The first-order chi connectivity index (χ1) is 6.33. The van der Waals surface area contributed by atoms with Gasteiger partial charge in [-0.2, -0.15) is 0 Å². The monoisotopic (exact) mass is 187 g/mol. The molecule has 0 saturated carbocycles. The maximum Gasteiger partial charge on any atom is 0.106 e. The molecule has 3 heteroatoms. The van der Waals surface area contributed by atoms with Gasteiger partial charge in [0.15, 0.2) is 0 Å². The zero-order valence-electron chi connectivity index (χ0n) is 8.24. The van der Waals surface area contributed by atoms with E-state index in [1.807, 2.05) is 0 Å². The number of hydrogen-bond acceptors (Lipinski definition) is 3. The van der Waals surface area contributed by atoms with Crippen LogP contribution >= 0.6 is 0 Å². The fourth-order valence-corrected chi connectivity index (χ4v) is 1.78. The summed E-state index contributed by atoms with van der Waals surface area (Å²) in [6.07, 6.45) is 8.15. The van der Waals surface area contributed by atoms with Crippen LogP contribution in [0, 0.1) is 0 Å². The summed E-state index contributed by atoms with van der Waals surface area (Å²) in [4.78, 5) is 0. The largest absolute Gasteiger partial charge is 0.396 e. The van der Waals surface area contributed by atoms with Crippen molar-refractivity contribution in [1.82, 2.24) is 0 Å². The lowest BCUT2D eigenvalue weighted by Crippen LogP contribution is -2.19. The number of aliphatic hydroxyl groups excluding tert-OH is 1. The Morgan fingerprint density at radius 3 is 2.54 bits per heavy atom. The highest BCUT2D eigenvalue weighted by Gasteiger charge is 2.21. The van der Waals surface area contributed by atoms with E-state index in [9.17, 15) is 0 Å². The van der Waals surface area contributed by atoms with Gasteiger partial charge in [-0.1, -0.05) is 19.3 Å². The lowest BCUT2D eigenvalue weighted by atomic mass is 10.1. The zero-order chi connectivity index (χ0) is 9.52. The summed E-state index contributed by atoms with van der Waals surface area (Å²) in [5.74, 6) is 0. The molecule has 1 aliphatic heterocycles. The molecule has 1 aliphatic rings. The van der Waals surface area contributed by atoms with E-state index in [1.54, 1.807) is 0 Å². The molecule has 3 nitrogen and oxygen atoms in total. The quantitative estimate of drug-likeness (QED) is 0.618. The van der Waals surface area contributed by atoms with Gasteiger partial charge < -0.3 is 15.6 Å². The minimum absolute atomic E-state index is 0.0116. The van der Waals surface area contributed by atoms with E-state index < -0.39 is 0 Å². The molecule has 1 rings (SSSR count). The molecule has 1 saturated heterocycles. The van der Waals surface area contributed by atoms with Crippen molar-refractivity contribution >= 4 is 0 Å². The smallest absolute Gasteiger partial charge is 0.106 e. The number of unbranched alkanes of at least 4 members (excludes halogenated alkanes) is 3. The predicted octanol–water partition coefficient (Wildman–Crippen LogP) is 1.39. The van der Waals surface area contributed by atoms with Crippen LogP contribution in [0.3, 0.4) is 0 Å². The first-order valence-electron chi connectivity index (χ1n) is 5.35. The van der Waals surface area contributed by atoms with Crippen molar-refractivity contribution in [2.75, 3.05) is 6.61 Å². The van der Waals surface area contributed by atoms with E-state index in [0.717, 1.165) is 32.1 Å². The maximum absolute atomic E-state index is 8.57. The molecule has 2 atom stereocenters. The number of nitrogens with two attached hydrogens (primary N) is 1. The van der Waals surface area contributed by atoms with Crippen molar-refractivity contribution < 1.29 is 9.84 Å². The van der Waals surface area contributed by atoms with Crippen LogP contribution < -0.4 is 5.73 Å². The number of ether oxygens (including phenoxy) is 1. The van der Waals surface area contributed by atoms with Gasteiger partial charge in [0.05, 0.1) is 6.10 Å². The highest BCUT2D eigenvalue weighted by atomic mass is 16.5. The second-order valence-corrected chi connectivity index (χ2v) is 3.80. The average Bonchev–Trinajstić information content (AvgIpc) is 2.51. The molecule has 0 radical (unpaired) electrons. The molecular weight excluding hydrogens is 166 g/mol. The molecule has 3 N–H and O–H groups in total. The molecule has 78 valence electrons. The lowest BCUT2D eigenvalue weighted by Gasteiger charge is -2.09. The number of aliphatic hydroxyl groups is 1. The van der Waals surface area contributed by atoms with E-state index in [-0.39, 0.29) is 6.23 Å². The zero-order valence-corrected chi connectivity index (χ0v) is 8.24. The van der Waals surface area contributed by atoms with Gasteiger partial charge in [-0.3, -0.25) is 0 Å². The Kier molecular flexibility index (Phi) is 5.35. The van der Waals surface area contributed by atoms with Crippen molar-refractivity contribution in [2.24, 2.45) is 5.73 Å². The minimum Gasteiger partial charge on any atom is -0.396 e. The molecule has 0 unspecified atom stereocenters. The summed E-state index contributed by atoms with van der Waals surface area (Å²) in [6, 6.07) is 0. The number of rotatable bonds is 6. The topological polar surface area (TPSA) is 55.5 Å². The fourth-order valence-electron chi connectivity index (χ4n) is 1.78. The second kappa shape index (κ2) is 6.35. The highest BCUT2D eigenvalue weighted by molar-refractivity contribution is 4.69. The van der Waals surface area contributed by atoms with Gasteiger partial charge in [-0.15, -0.1) is 0 Å². The molecule has 0 aromatic rings. The summed E-state index contributed by atoms with van der Waals surface area (Å²) >= 11 is 0. The van der Waals surface area contributed by atoms with Crippen LogP contribution in [-0.2, 0) is 4.74 Å². The average molecular weight is 187 g/mol. The van der Waals surface area contributed by atoms with E-state index >= 15 is 0 Å². The number of hydrogen-bond donors (Lipinski definition) is 2. The molecule has 1 fully saturated rings. The van der Waals surface area contributed by atoms with E-state index in [0.29, 0.717) is 12.7 Å². The summed E-state index contributed by atoms with van der Waals surface area (Å²) in [6.45, 7) is 0.324. The van der Waals surface area contributed by atoms with Crippen molar-refractivity contribution in [3.05, 3.63) is 0 Å². The molecule has 0 aliphatic carbocycles. The predicted molar refractivity (Wildman–Crippen MR) is 52.3 cm³/mol. The summed E-state index contributed by atoms with van der Waals surface area (Å²) in [7, 11) is 0. The van der Waals surface area contributed by atoms with Crippen LogP contribution in [0.1, 0.15) is 44.9 Å². The molecule has 0 spiro atoms. The Bertz CT molecular complexity index is 130. The Hall–Kier alpha value is -0.120. The normalized spacial score (nSPS) is 28.2. The Morgan fingerprint density at radius 2 is 1.92 bits per heavy atom. The highest BCUT2D eigenvalue weighted by Crippen LogP contribution is 2.21. The van der Waals surface area contributed by atoms with Gasteiger partial charge >= 0.3 is 0 Å². The van der Waals surface area contributed by atoms with Crippen LogP contribution in [0.15, 0.2) is 0 Å². The second-order valence-electron chi connectivity index (χ2n) is 3.80. The van der Waals surface area contributed by atoms with Crippen LogP contribution in [0.4, 0.5) is 0 Å². The van der Waals surface area contributed by atoms with Crippen molar-refractivity contribution in [1.29, 1.82) is 0 Å². The Morgan fingerprint density at radius 1 is 1.15 bits per heavy atom. The summed E-state index contributed by atoms with van der Waals surface area (Å²) in [5, 5.41) is 8.57. The van der Waals surface area contributed by atoms with Gasteiger partial charge in [0.25, 0.3) is 0 Å². The fraction of sp³-hybridized carbons (Fsp3) is 1.00.